The summed E-state index contributed by atoms with van der Waals surface area (Å²) in [4.78, 5) is 25.9. The van der Waals surface area contributed by atoms with Gasteiger partial charge in [0.05, 0.1) is 12.5 Å². The summed E-state index contributed by atoms with van der Waals surface area (Å²) in [6, 6.07) is 28.8. The molecule has 184 valence electrons. The summed E-state index contributed by atoms with van der Waals surface area (Å²) in [6.45, 7) is 2.14. The SMILES string of the molecule is O=C(Cc1ccc2ccccc2c1)NC[C@@H](Cc1ccc2ccccc2c1)NC(=O)C1CCNCC1. The molecule has 0 aliphatic carbocycles. The molecule has 0 saturated carbocycles. The topological polar surface area (TPSA) is 70.2 Å². The van der Waals surface area contributed by atoms with Gasteiger partial charge in [-0.25, -0.2) is 0 Å². The highest BCUT2D eigenvalue weighted by Gasteiger charge is 2.24. The number of fused-ring (bicyclic) bond motifs is 2. The van der Waals surface area contributed by atoms with Crippen molar-refractivity contribution in [2.24, 2.45) is 5.92 Å². The van der Waals surface area contributed by atoms with Crippen molar-refractivity contribution in [1.29, 1.82) is 0 Å². The zero-order chi connectivity index (χ0) is 24.7. The first kappa shape index (κ1) is 24.0. The zero-order valence-corrected chi connectivity index (χ0v) is 20.5. The molecule has 1 aliphatic rings. The molecule has 3 N–H and O–H groups in total. The molecular weight excluding hydrogens is 446 g/mol. The number of carbonyl (C=O) groups excluding carboxylic acids is 2. The van der Waals surface area contributed by atoms with E-state index in [-0.39, 0.29) is 23.8 Å². The molecule has 0 aromatic heterocycles. The van der Waals surface area contributed by atoms with Crippen LogP contribution in [-0.4, -0.2) is 37.5 Å². The number of benzene rings is 4. The predicted molar refractivity (Wildman–Crippen MR) is 146 cm³/mol. The van der Waals surface area contributed by atoms with Crippen LogP contribution in [0.15, 0.2) is 84.9 Å². The molecule has 5 heteroatoms. The third-order valence-electron chi connectivity index (χ3n) is 7.08. The number of piperidine rings is 1. The molecule has 4 aromatic rings. The molecule has 0 spiro atoms. The van der Waals surface area contributed by atoms with E-state index in [1.54, 1.807) is 0 Å². The van der Waals surface area contributed by atoms with Crippen LogP contribution >= 0.6 is 0 Å². The second-order valence-corrected chi connectivity index (χ2v) is 9.78. The maximum atomic E-state index is 13.0. The fraction of sp³-hybridized carbons (Fsp3) is 0.290. The Morgan fingerprint density at radius 2 is 1.36 bits per heavy atom. The van der Waals surface area contributed by atoms with Gasteiger partial charge < -0.3 is 16.0 Å². The van der Waals surface area contributed by atoms with E-state index >= 15 is 0 Å². The van der Waals surface area contributed by atoms with Crippen molar-refractivity contribution in [3.63, 3.8) is 0 Å². The zero-order valence-electron chi connectivity index (χ0n) is 20.5. The Balaban J connectivity index is 1.25. The monoisotopic (exact) mass is 479 g/mol. The lowest BCUT2D eigenvalue weighted by molar-refractivity contribution is -0.127. The summed E-state index contributed by atoms with van der Waals surface area (Å²) in [5, 5.41) is 14.3. The largest absolute Gasteiger partial charge is 0.354 e. The van der Waals surface area contributed by atoms with Crippen LogP contribution in [0.4, 0.5) is 0 Å². The van der Waals surface area contributed by atoms with E-state index in [0.717, 1.165) is 47.8 Å². The maximum Gasteiger partial charge on any atom is 0.224 e. The highest BCUT2D eigenvalue weighted by Crippen LogP contribution is 2.18. The van der Waals surface area contributed by atoms with Gasteiger partial charge in [-0.1, -0.05) is 84.9 Å². The molecule has 36 heavy (non-hydrogen) atoms. The molecule has 4 aromatic carbocycles. The van der Waals surface area contributed by atoms with Crippen LogP contribution in [-0.2, 0) is 22.4 Å². The van der Waals surface area contributed by atoms with Crippen LogP contribution in [0.3, 0.4) is 0 Å². The van der Waals surface area contributed by atoms with Crippen molar-refractivity contribution >= 4 is 33.4 Å². The van der Waals surface area contributed by atoms with Crippen molar-refractivity contribution in [3.05, 3.63) is 96.1 Å². The molecule has 5 rings (SSSR count). The van der Waals surface area contributed by atoms with Crippen LogP contribution in [0.5, 0.6) is 0 Å². The summed E-state index contributed by atoms with van der Waals surface area (Å²) >= 11 is 0. The van der Waals surface area contributed by atoms with Gasteiger partial charge in [0.25, 0.3) is 0 Å². The lowest BCUT2D eigenvalue weighted by Crippen LogP contribution is -2.48. The van der Waals surface area contributed by atoms with Crippen LogP contribution in [0.25, 0.3) is 21.5 Å². The predicted octanol–water partition coefficient (Wildman–Crippen LogP) is 4.38. The minimum Gasteiger partial charge on any atom is -0.354 e. The van der Waals surface area contributed by atoms with Crippen LogP contribution in [0.2, 0.25) is 0 Å². The summed E-state index contributed by atoms with van der Waals surface area (Å²) < 4.78 is 0. The fourth-order valence-electron chi connectivity index (χ4n) is 5.06. The van der Waals surface area contributed by atoms with Gasteiger partial charge in [0, 0.05) is 12.5 Å². The normalized spacial score (nSPS) is 15.0. The minimum atomic E-state index is -0.172. The Morgan fingerprint density at radius 3 is 2.03 bits per heavy atom. The van der Waals surface area contributed by atoms with E-state index in [4.69, 9.17) is 0 Å². The highest BCUT2D eigenvalue weighted by atomic mass is 16.2. The Hall–Kier alpha value is -3.70. The second-order valence-electron chi connectivity index (χ2n) is 9.78. The highest BCUT2D eigenvalue weighted by molar-refractivity contribution is 5.86. The van der Waals surface area contributed by atoms with Gasteiger partial charge in [0.1, 0.15) is 0 Å². The smallest absolute Gasteiger partial charge is 0.224 e. The van der Waals surface area contributed by atoms with Gasteiger partial charge in [-0.2, -0.15) is 0 Å². The number of hydrogen-bond acceptors (Lipinski definition) is 3. The van der Waals surface area contributed by atoms with Gasteiger partial charge >= 0.3 is 0 Å². The molecule has 1 saturated heterocycles. The number of amides is 2. The third kappa shape index (κ3) is 6.10. The second kappa shape index (κ2) is 11.4. The molecule has 2 amide bonds. The van der Waals surface area contributed by atoms with E-state index in [2.05, 4.69) is 70.5 Å². The molecule has 1 atom stereocenters. The van der Waals surface area contributed by atoms with Crippen LogP contribution in [0.1, 0.15) is 24.0 Å². The van der Waals surface area contributed by atoms with E-state index in [1.807, 2.05) is 30.3 Å². The molecule has 0 unspecified atom stereocenters. The Labute approximate surface area is 212 Å². The Bertz CT molecular complexity index is 1360. The van der Waals surface area contributed by atoms with E-state index < -0.39 is 0 Å². The van der Waals surface area contributed by atoms with Gasteiger partial charge in [-0.15, -0.1) is 0 Å². The van der Waals surface area contributed by atoms with Crippen molar-refractivity contribution < 1.29 is 9.59 Å². The minimum absolute atomic E-state index is 0.0265. The number of nitrogens with one attached hydrogen (secondary N) is 3. The first-order chi connectivity index (χ1) is 17.6. The number of hydrogen-bond donors (Lipinski definition) is 3. The van der Waals surface area contributed by atoms with Gasteiger partial charge in [-0.05, 0) is 65.0 Å². The van der Waals surface area contributed by atoms with Crippen molar-refractivity contribution in [1.82, 2.24) is 16.0 Å². The molecule has 0 bridgehead atoms. The van der Waals surface area contributed by atoms with Crippen LogP contribution < -0.4 is 16.0 Å². The fourth-order valence-corrected chi connectivity index (χ4v) is 5.06. The molecule has 5 nitrogen and oxygen atoms in total. The molecule has 1 aliphatic heterocycles. The summed E-state index contributed by atoms with van der Waals surface area (Å²) in [7, 11) is 0. The molecule has 1 heterocycles. The molecule has 0 radical (unpaired) electrons. The lowest BCUT2D eigenvalue weighted by atomic mass is 9.96. The quantitative estimate of drug-likeness (QED) is 0.351. The third-order valence-corrected chi connectivity index (χ3v) is 7.08. The van der Waals surface area contributed by atoms with Gasteiger partial charge in [-0.3, -0.25) is 9.59 Å². The Morgan fingerprint density at radius 1 is 0.778 bits per heavy atom. The summed E-state index contributed by atoms with van der Waals surface area (Å²) in [5.74, 6) is 0.0784. The van der Waals surface area contributed by atoms with Crippen molar-refractivity contribution in [2.75, 3.05) is 19.6 Å². The average molecular weight is 480 g/mol. The summed E-state index contributed by atoms with van der Waals surface area (Å²) in [6.07, 6.45) is 2.68. The average Bonchev–Trinajstić information content (AvgIpc) is 2.92. The van der Waals surface area contributed by atoms with Crippen molar-refractivity contribution in [2.45, 2.75) is 31.7 Å². The van der Waals surface area contributed by atoms with E-state index in [1.165, 1.54) is 10.8 Å². The first-order valence-corrected chi connectivity index (χ1v) is 12.9. The molecule has 1 fully saturated rings. The standard InChI is InChI=1S/C31H33N3O2/c35-30(20-23-10-12-25-6-2-4-8-28(25)18-23)33-21-29(34-31(36)26-13-15-32-16-14-26)19-22-9-11-24-5-1-3-7-27(24)17-22/h1-12,17-18,26,29,32H,13-16,19-21H2,(H,33,35)(H,34,36)/t29-/m1/s1. The number of rotatable bonds is 8. The first-order valence-electron chi connectivity index (χ1n) is 12.9. The van der Waals surface area contributed by atoms with E-state index in [0.29, 0.717) is 19.4 Å². The van der Waals surface area contributed by atoms with Gasteiger partial charge in [0.2, 0.25) is 11.8 Å². The Kier molecular flexibility index (Phi) is 7.58. The van der Waals surface area contributed by atoms with Crippen LogP contribution in [0, 0.1) is 5.92 Å². The molecular formula is C31H33N3O2. The lowest BCUT2D eigenvalue weighted by Gasteiger charge is -2.26. The van der Waals surface area contributed by atoms with Gasteiger partial charge in [0.15, 0.2) is 0 Å². The maximum absolute atomic E-state index is 13.0. The number of carbonyl (C=O) groups is 2. The summed E-state index contributed by atoms with van der Waals surface area (Å²) in [5.41, 5.74) is 2.13. The van der Waals surface area contributed by atoms with Crippen molar-refractivity contribution in [3.8, 4) is 0 Å². The van der Waals surface area contributed by atoms with E-state index in [9.17, 15) is 9.59 Å².